The maximum absolute atomic E-state index is 9.42. The lowest BCUT2D eigenvalue weighted by Gasteiger charge is -2.24. The van der Waals surface area contributed by atoms with Crippen LogP contribution in [-0.2, 0) is 6.42 Å². The minimum absolute atomic E-state index is 0.621. The SMILES string of the molecule is CC(C#N)(Cc1ccc(Cl)cc1)Nc1ccccc1. The molecule has 0 amide bonds. The van der Waals surface area contributed by atoms with E-state index >= 15 is 0 Å². The standard InChI is InChI=1S/C16H15ClN2/c1-16(12-18,19-15-5-3-2-4-6-15)11-13-7-9-14(17)10-8-13/h2-10,19H,11H2,1H3. The number of anilines is 1. The molecule has 0 heterocycles. The predicted octanol–water partition coefficient (Wildman–Crippen LogP) is 4.28. The van der Waals surface area contributed by atoms with Crippen LogP contribution in [0.2, 0.25) is 5.02 Å². The molecule has 1 unspecified atom stereocenters. The molecule has 0 saturated carbocycles. The molecule has 0 aliphatic rings. The maximum Gasteiger partial charge on any atom is 0.126 e. The summed E-state index contributed by atoms with van der Waals surface area (Å²) >= 11 is 5.87. The van der Waals surface area contributed by atoms with Crippen LogP contribution < -0.4 is 5.32 Å². The van der Waals surface area contributed by atoms with E-state index in [4.69, 9.17) is 11.6 Å². The number of nitriles is 1. The first-order valence-electron chi connectivity index (χ1n) is 6.10. The van der Waals surface area contributed by atoms with Gasteiger partial charge in [0.2, 0.25) is 0 Å². The van der Waals surface area contributed by atoms with Crippen LogP contribution in [0.3, 0.4) is 0 Å². The largest absolute Gasteiger partial charge is 0.367 e. The molecule has 0 spiro atoms. The summed E-state index contributed by atoms with van der Waals surface area (Å²) in [6.45, 7) is 1.90. The summed E-state index contributed by atoms with van der Waals surface area (Å²) in [5.41, 5.74) is 1.38. The molecule has 0 saturated heterocycles. The molecule has 0 aliphatic heterocycles. The van der Waals surface area contributed by atoms with E-state index in [1.165, 1.54) is 0 Å². The highest BCUT2D eigenvalue weighted by Gasteiger charge is 2.23. The van der Waals surface area contributed by atoms with Gasteiger partial charge in [-0.3, -0.25) is 0 Å². The topological polar surface area (TPSA) is 35.8 Å². The van der Waals surface area contributed by atoms with Crippen LogP contribution in [0.25, 0.3) is 0 Å². The zero-order chi connectivity index (χ0) is 13.7. The Balaban J connectivity index is 2.14. The Morgan fingerprint density at radius 3 is 2.32 bits per heavy atom. The van der Waals surface area contributed by atoms with Crippen molar-refractivity contribution in [3.8, 4) is 6.07 Å². The van der Waals surface area contributed by atoms with Crippen molar-refractivity contribution in [2.24, 2.45) is 0 Å². The van der Waals surface area contributed by atoms with E-state index in [0.29, 0.717) is 11.4 Å². The van der Waals surface area contributed by atoms with Gasteiger partial charge in [-0.15, -0.1) is 0 Å². The fraction of sp³-hybridized carbons (Fsp3) is 0.188. The molecule has 2 aromatic rings. The molecule has 19 heavy (non-hydrogen) atoms. The number of halogens is 1. The van der Waals surface area contributed by atoms with Gasteiger partial charge in [-0.25, -0.2) is 0 Å². The summed E-state index contributed by atoms with van der Waals surface area (Å²) in [5, 5.41) is 13.4. The number of hydrogen-bond acceptors (Lipinski definition) is 2. The van der Waals surface area contributed by atoms with Gasteiger partial charge in [0.05, 0.1) is 6.07 Å². The van der Waals surface area contributed by atoms with E-state index in [2.05, 4.69) is 11.4 Å². The van der Waals surface area contributed by atoms with Crippen molar-refractivity contribution in [2.75, 3.05) is 5.32 Å². The number of nitrogens with zero attached hydrogens (tertiary/aromatic N) is 1. The second-order valence-electron chi connectivity index (χ2n) is 4.74. The molecule has 1 N–H and O–H groups in total. The van der Waals surface area contributed by atoms with Gasteiger partial charge in [0.25, 0.3) is 0 Å². The van der Waals surface area contributed by atoms with Crippen molar-refractivity contribution >= 4 is 17.3 Å². The second-order valence-corrected chi connectivity index (χ2v) is 5.17. The molecule has 2 nitrogen and oxygen atoms in total. The first-order chi connectivity index (χ1) is 9.11. The van der Waals surface area contributed by atoms with E-state index in [9.17, 15) is 5.26 Å². The molecular weight excluding hydrogens is 256 g/mol. The molecule has 3 heteroatoms. The molecule has 0 fully saturated rings. The highest BCUT2D eigenvalue weighted by atomic mass is 35.5. The van der Waals surface area contributed by atoms with E-state index in [0.717, 1.165) is 11.3 Å². The van der Waals surface area contributed by atoms with Crippen LogP contribution in [0.15, 0.2) is 54.6 Å². The summed E-state index contributed by atoms with van der Waals surface area (Å²) in [6.07, 6.45) is 0.621. The van der Waals surface area contributed by atoms with Crippen molar-refractivity contribution < 1.29 is 0 Å². The Morgan fingerprint density at radius 1 is 1.11 bits per heavy atom. The van der Waals surface area contributed by atoms with Crippen molar-refractivity contribution in [3.05, 3.63) is 65.2 Å². The third-order valence-corrected chi connectivity index (χ3v) is 3.16. The Kier molecular flexibility index (Phi) is 4.09. The number of rotatable bonds is 4. The third kappa shape index (κ3) is 3.74. The molecule has 0 aliphatic carbocycles. The lowest BCUT2D eigenvalue weighted by molar-refractivity contribution is 0.646. The molecule has 0 aromatic heterocycles. The first kappa shape index (κ1) is 13.5. The lowest BCUT2D eigenvalue weighted by atomic mass is 9.94. The van der Waals surface area contributed by atoms with Crippen LogP contribution in [0.5, 0.6) is 0 Å². The minimum Gasteiger partial charge on any atom is -0.367 e. The number of para-hydroxylation sites is 1. The Hall–Kier alpha value is -1.98. The summed E-state index contributed by atoms with van der Waals surface area (Å²) in [6, 6.07) is 19.7. The summed E-state index contributed by atoms with van der Waals surface area (Å²) < 4.78 is 0. The van der Waals surface area contributed by atoms with Crippen molar-refractivity contribution in [3.63, 3.8) is 0 Å². The van der Waals surface area contributed by atoms with Crippen LogP contribution in [0.4, 0.5) is 5.69 Å². The zero-order valence-electron chi connectivity index (χ0n) is 10.7. The smallest absolute Gasteiger partial charge is 0.126 e. The zero-order valence-corrected chi connectivity index (χ0v) is 11.5. The van der Waals surface area contributed by atoms with Gasteiger partial charge in [-0.1, -0.05) is 41.9 Å². The highest BCUT2D eigenvalue weighted by Crippen LogP contribution is 2.20. The van der Waals surface area contributed by atoms with Gasteiger partial charge >= 0.3 is 0 Å². The fourth-order valence-corrected chi connectivity index (χ4v) is 2.09. The molecule has 96 valence electrons. The highest BCUT2D eigenvalue weighted by molar-refractivity contribution is 6.30. The maximum atomic E-state index is 9.42. The van der Waals surface area contributed by atoms with Crippen LogP contribution >= 0.6 is 11.6 Å². The normalized spacial score (nSPS) is 13.3. The van der Waals surface area contributed by atoms with Crippen LogP contribution in [0.1, 0.15) is 12.5 Å². The van der Waals surface area contributed by atoms with Gasteiger partial charge in [-0.05, 0) is 36.8 Å². The van der Waals surface area contributed by atoms with Crippen molar-refractivity contribution in [2.45, 2.75) is 18.9 Å². The molecule has 1 atom stereocenters. The van der Waals surface area contributed by atoms with Gasteiger partial charge < -0.3 is 5.32 Å². The monoisotopic (exact) mass is 270 g/mol. The van der Waals surface area contributed by atoms with Gasteiger partial charge in [0.15, 0.2) is 0 Å². The molecule has 0 radical (unpaired) electrons. The number of nitrogens with one attached hydrogen (secondary N) is 1. The molecular formula is C16H15ClN2. The van der Waals surface area contributed by atoms with E-state index in [1.807, 2.05) is 61.5 Å². The number of hydrogen-bond donors (Lipinski definition) is 1. The summed E-state index contributed by atoms with van der Waals surface area (Å²) in [4.78, 5) is 0. The second kappa shape index (κ2) is 5.77. The molecule has 0 bridgehead atoms. The third-order valence-electron chi connectivity index (χ3n) is 2.91. The van der Waals surface area contributed by atoms with Crippen molar-refractivity contribution in [1.82, 2.24) is 0 Å². The van der Waals surface area contributed by atoms with E-state index < -0.39 is 5.54 Å². The van der Waals surface area contributed by atoms with Gasteiger partial charge in [0.1, 0.15) is 5.54 Å². The average molecular weight is 271 g/mol. The fourth-order valence-electron chi connectivity index (χ4n) is 1.96. The predicted molar refractivity (Wildman–Crippen MR) is 79.2 cm³/mol. The Bertz CT molecular complexity index is 572. The van der Waals surface area contributed by atoms with Crippen LogP contribution in [-0.4, -0.2) is 5.54 Å². The van der Waals surface area contributed by atoms with E-state index in [-0.39, 0.29) is 0 Å². The number of benzene rings is 2. The van der Waals surface area contributed by atoms with Crippen molar-refractivity contribution in [1.29, 1.82) is 5.26 Å². The summed E-state index contributed by atoms with van der Waals surface area (Å²) in [7, 11) is 0. The molecule has 2 rings (SSSR count). The van der Waals surface area contributed by atoms with Gasteiger partial charge in [0, 0.05) is 17.1 Å². The van der Waals surface area contributed by atoms with Gasteiger partial charge in [-0.2, -0.15) is 5.26 Å². The quantitative estimate of drug-likeness (QED) is 0.900. The first-order valence-corrected chi connectivity index (χ1v) is 6.48. The van der Waals surface area contributed by atoms with E-state index in [1.54, 1.807) is 0 Å². The lowest BCUT2D eigenvalue weighted by Crippen LogP contribution is -2.35. The average Bonchev–Trinajstić information content (AvgIpc) is 2.42. The molecule has 2 aromatic carbocycles. The Morgan fingerprint density at radius 2 is 1.74 bits per heavy atom. The minimum atomic E-state index is -0.644. The van der Waals surface area contributed by atoms with Crippen LogP contribution in [0, 0.1) is 11.3 Å². The summed E-state index contributed by atoms with van der Waals surface area (Å²) in [5.74, 6) is 0. The Labute approximate surface area is 118 Å².